The Morgan fingerprint density at radius 3 is 2.57 bits per heavy atom. The van der Waals surface area contributed by atoms with E-state index in [1.54, 1.807) is 47.8 Å². The summed E-state index contributed by atoms with van der Waals surface area (Å²) < 4.78 is 18.4. The number of rotatable bonds is 4. The Bertz CT molecular complexity index is 1170. The number of hydrogen-bond acceptors (Lipinski definition) is 6. The molecule has 4 aromatic rings. The average Bonchev–Trinajstić information content (AvgIpc) is 3.38. The Hall–Kier alpha value is -3.83. The van der Waals surface area contributed by atoms with Gasteiger partial charge in [-0.05, 0) is 60.0 Å². The first-order chi connectivity index (χ1) is 13.6. The van der Waals surface area contributed by atoms with Gasteiger partial charge in [0.2, 0.25) is 5.82 Å². The largest absolute Gasteiger partial charge is 0.333 e. The second kappa shape index (κ2) is 7.42. The van der Waals surface area contributed by atoms with Crippen LogP contribution >= 0.6 is 11.3 Å². The summed E-state index contributed by atoms with van der Waals surface area (Å²) in [5.41, 5.74) is 2.06. The summed E-state index contributed by atoms with van der Waals surface area (Å²) in [7, 11) is 0. The van der Waals surface area contributed by atoms with Crippen LogP contribution in [0.5, 0.6) is 0 Å². The van der Waals surface area contributed by atoms with E-state index < -0.39 is 0 Å². The number of thiophene rings is 1. The van der Waals surface area contributed by atoms with Crippen molar-refractivity contribution in [1.29, 1.82) is 5.26 Å². The molecule has 4 rings (SSSR count). The molecule has 2 aromatic heterocycles. The van der Waals surface area contributed by atoms with Gasteiger partial charge in [-0.25, -0.2) is 4.39 Å². The molecular weight excluding hydrogens is 379 g/mol. The maximum atomic E-state index is 13.1. The van der Waals surface area contributed by atoms with E-state index in [1.165, 1.54) is 23.5 Å². The number of carbonyl (C=O) groups is 1. The summed E-state index contributed by atoms with van der Waals surface area (Å²) in [5.74, 6) is -0.0850. The number of aromatic nitrogens is 2. The van der Waals surface area contributed by atoms with Crippen LogP contribution in [0.25, 0.3) is 22.2 Å². The maximum absolute atomic E-state index is 13.1. The molecule has 0 aliphatic heterocycles. The van der Waals surface area contributed by atoms with E-state index in [0.717, 1.165) is 0 Å². The Kier molecular flexibility index (Phi) is 4.66. The van der Waals surface area contributed by atoms with E-state index in [2.05, 4.69) is 15.5 Å². The lowest BCUT2D eigenvalue weighted by Crippen LogP contribution is -2.11. The normalized spacial score (nSPS) is 10.4. The van der Waals surface area contributed by atoms with Crippen molar-refractivity contribution < 1.29 is 13.7 Å². The van der Waals surface area contributed by atoms with E-state index in [-0.39, 0.29) is 17.6 Å². The average molecular weight is 390 g/mol. The summed E-state index contributed by atoms with van der Waals surface area (Å²) in [6, 6.07) is 15.8. The van der Waals surface area contributed by atoms with Gasteiger partial charge in [0, 0.05) is 11.1 Å². The van der Waals surface area contributed by atoms with Gasteiger partial charge in [-0.1, -0.05) is 5.16 Å². The first-order valence-electron chi connectivity index (χ1n) is 8.13. The summed E-state index contributed by atoms with van der Waals surface area (Å²) in [5, 5.41) is 17.4. The number of halogens is 1. The third-order valence-electron chi connectivity index (χ3n) is 3.91. The highest BCUT2D eigenvalue weighted by Gasteiger charge is 2.18. The zero-order valence-electron chi connectivity index (χ0n) is 14.2. The first-order valence-corrected chi connectivity index (χ1v) is 9.01. The van der Waals surface area contributed by atoms with Gasteiger partial charge in [0.15, 0.2) is 0 Å². The van der Waals surface area contributed by atoms with Crippen LogP contribution in [0.3, 0.4) is 0 Å². The Labute approximate surface area is 162 Å². The highest BCUT2D eigenvalue weighted by atomic mass is 32.1. The fourth-order valence-electron chi connectivity index (χ4n) is 2.50. The number of benzene rings is 2. The van der Waals surface area contributed by atoms with Crippen LogP contribution in [0.15, 0.2) is 64.5 Å². The Balaban J connectivity index is 1.56. The van der Waals surface area contributed by atoms with Crippen LogP contribution in [0.4, 0.5) is 10.1 Å². The molecule has 0 unspecified atom stereocenters. The second-order valence-corrected chi connectivity index (χ2v) is 6.65. The molecule has 6 nitrogen and oxygen atoms in total. The number of nitrogens with zero attached hydrogens (tertiary/aromatic N) is 3. The molecule has 0 saturated heterocycles. The van der Waals surface area contributed by atoms with Crippen LogP contribution in [0.2, 0.25) is 0 Å². The summed E-state index contributed by atoms with van der Waals surface area (Å²) in [6.07, 6.45) is 0. The molecule has 8 heteroatoms. The van der Waals surface area contributed by atoms with Crippen molar-refractivity contribution in [2.45, 2.75) is 0 Å². The molecule has 1 N–H and O–H groups in total. The lowest BCUT2D eigenvalue weighted by atomic mass is 10.1. The molecule has 0 atom stereocenters. The predicted molar refractivity (Wildman–Crippen MR) is 102 cm³/mol. The zero-order valence-corrected chi connectivity index (χ0v) is 15.0. The van der Waals surface area contributed by atoms with Gasteiger partial charge in [0.25, 0.3) is 11.8 Å². The Morgan fingerprint density at radius 1 is 1.11 bits per heavy atom. The van der Waals surface area contributed by atoms with E-state index in [4.69, 9.17) is 9.78 Å². The number of amides is 1. The molecule has 1 amide bonds. The zero-order chi connectivity index (χ0) is 19.5. The summed E-state index contributed by atoms with van der Waals surface area (Å²) in [6.45, 7) is 0. The SMILES string of the molecule is N#Cc1ccc(C(=O)Nc2ccsc2-c2nc(-c3ccc(F)cc3)no2)cc1. The van der Waals surface area contributed by atoms with Gasteiger partial charge in [-0.15, -0.1) is 11.3 Å². The summed E-state index contributed by atoms with van der Waals surface area (Å²) in [4.78, 5) is 17.4. The molecular formula is C20H11FN4O2S. The number of carbonyl (C=O) groups excluding carboxylic acids is 1. The molecule has 2 aromatic carbocycles. The van der Waals surface area contributed by atoms with Gasteiger partial charge in [0.05, 0.1) is 17.3 Å². The second-order valence-electron chi connectivity index (χ2n) is 5.74. The van der Waals surface area contributed by atoms with Crippen LogP contribution in [-0.2, 0) is 0 Å². The summed E-state index contributed by atoms with van der Waals surface area (Å²) >= 11 is 1.34. The minimum Gasteiger partial charge on any atom is -0.333 e. The number of hydrogen-bond donors (Lipinski definition) is 1. The van der Waals surface area contributed by atoms with Crippen molar-refractivity contribution in [3.63, 3.8) is 0 Å². The highest BCUT2D eigenvalue weighted by molar-refractivity contribution is 7.14. The van der Waals surface area contributed by atoms with E-state index in [1.807, 2.05) is 6.07 Å². The standard InChI is InChI=1S/C20H11FN4O2S/c21-15-7-5-13(6-8-15)18-24-20(27-25-18)17-16(9-10-28-17)23-19(26)14-3-1-12(11-22)2-4-14/h1-10H,(H,23,26). The highest BCUT2D eigenvalue weighted by Crippen LogP contribution is 2.34. The monoisotopic (exact) mass is 390 g/mol. The Morgan fingerprint density at radius 2 is 1.86 bits per heavy atom. The minimum atomic E-state index is -0.349. The molecule has 0 fully saturated rings. The minimum absolute atomic E-state index is 0.254. The predicted octanol–water partition coefficient (Wildman–Crippen LogP) is 4.73. The van der Waals surface area contributed by atoms with E-state index in [0.29, 0.717) is 33.1 Å². The first kappa shape index (κ1) is 17.6. The molecule has 28 heavy (non-hydrogen) atoms. The van der Waals surface area contributed by atoms with Gasteiger partial charge in [-0.3, -0.25) is 4.79 Å². The maximum Gasteiger partial charge on any atom is 0.270 e. The van der Waals surface area contributed by atoms with Gasteiger partial charge in [-0.2, -0.15) is 10.2 Å². The third kappa shape index (κ3) is 3.51. The lowest BCUT2D eigenvalue weighted by Gasteiger charge is -2.04. The van der Waals surface area contributed by atoms with Crippen molar-refractivity contribution in [3.05, 3.63) is 76.9 Å². The molecule has 136 valence electrons. The number of nitrogens with one attached hydrogen (secondary N) is 1. The molecule has 0 aliphatic rings. The number of nitriles is 1. The van der Waals surface area contributed by atoms with Crippen molar-refractivity contribution >= 4 is 22.9 Å². The van der Waals surface area contributed by atoms with Crippen molar-refractivity contribution in [2.75, 3.05) is 5.32 Å². The molecule has 2 heterocycles. The third-order valence-corrected chi connectivity index (χ3v) is 4.81. The van der Waals surface area contributed by atoms with Gasteiger partial charge < -0.3 is 9.84 Å². The molecule has 0 saturated carbocycles. The molecule has 0 bridgehead atoms. The number of anilines is 1. The molecule has 0 radical (unpaired) electrons. The van der Waals surface area contributed by atoms with Crippen molar-refractivity contribution in [3.8, 4) is 28.2 Å². The van der Waals surface area contributed by atoms with Gasteiger partial charge in [0.1, 0.15) is 10.7 Å². The van der Waals surface area contributed by atoms with Crippen LogP contribution in [0, 0.1) is 17.1 Å². The smallest absolute Gasteiger partial charge is 0.270 e. The fraction of sp³-hybridized carbons (Fsp3) is 0. The molecule has 0 spiro atoms. The van der Waals surface area contributed by atoms with Crippen LogP contribution < -0.4 is 5.32 Å². The van der Waals surface area contributed by atoms with Crippen LogP contribution in [-0.4, -0.2) is 16.0 Å². The van der Waals surface area contributed by atoms with E-state index >= 15 is 0 Å². The molecule has 0 aliphatic carbocycles. The van der Waals surface area contributed by atoms with Crippen LogP contribution in [0.1, 0.15) is 15.9 Å². The van der Waals surface area contributed by atoms with Gasteiger partial charge >= 0.3 is 0 Å². The quantitative estimate of drug-likeness (QED) is 0.544. The van der Waals surface area contributed by atoms with E-state index in [9.17, 15) is 9.18 Å². The fourth-order valence-corrected chi connectivity index (χ4v) is 3.27. The lowest BCUT2D eigenvalue weighted by molar-refractivity contribution is 0.102. The van der Waals surface area contributed by atoms with Crippen molar-refractivity contribution in [2.24, 2.45) is 0 Å². The topological polar surface area (TPSA) is 91.8 Å². The van der Waals surface area contributed by atoms with Crippen molar-refractivity contribution in [1.82, 2.24) is 10.1 Å².